The lowest BCUT2D eigenvalue weighted by molar-refractivity contribution is 0.950. The summed E-state index contributed by atoms with van der Waals surface area (Å²) in [6, 6.07) is 12.6. The zero-order valence-corrected chi connectivity index (χ0v) is 11.0. The van der Waals surface area contributed by atoms with E-state index in [1.165, 1.54) is 11.1 Å². The molecule has 0 fully saturated rings. The summed E-state index contributed by atoms with van der Waals surface area (Å²) in [6.07, 6.45) is 4.80. The van der Waals surface area contributed by atoms with Gasteiger partial charge in [0.1, 0.15) is 5.82 Å². The summed E-state index contributed by atoms with van der Waals surface area (Å²) in [7, 11) is 0. The largest absolute Gasteiger partial charge is 0.326 e. The molecule has 0 bridgehead atoms. The molecule has 2 N–H and O–H groups in total. The Balaban J connectivity index is 2.02. The number of nitrogens with two attached hydrogens (primary N) is 1. The van der Waals surface area contributed by atoms with E-state index in [9.17, 15) is 0 Å². The predicted octanol–water partition coefficient (Wildman–Crippen LogP) is 2.69. The van der Waals surface area contributed by atoms with Gasteiger partial charge in [0.25, 0.3) is 0 Å². The topological polar surface area (TPSA) is 43.3 Å². The molecule has 3 nitrogen and oxygen atoms in total. The van der Waals surface area contributed by atoms with Crippen LogP contribution in [0.25, 0.3) is 5.52 Å². The summed E-state index contributed by atoms with van der Waals surface area (Å²) < 4.78 is 2.13. The van der Waals surface area contributed by atoms with Crippen molar-refractivity contribution in [1.82, 2.24) is 9.38 Å². The van der Waals surface area contributed by atoms with Crippen LogP contribution in [-0.4, -0.2) is 9.38 Å². The van der Waals surface area contributed by atoms with Crippen LogP contribution < -0.4 is 5.73 Å². The molecular weight excluding hydrogens is 234 g/mol. The van der Waals surface area contributed by atoms with Crippen molar-refractivity contribution in [1.29, 1.82) is 0 Å². The Labute approximate surface area is 112 Å². The molecule has 0 amide bonds. The fourth-order valence-corrected chi connectivity index (χ4v) is 2.44. The van der Waals surface area contributed by atoms with Gasteiger partial charge in [0.2, 0.25) is 0 Å². The number of nitrogens with zero attached hydrogens (tertiary/aromatic N) is 2. The Bertz CT molecular complexity index is 713. The summed E-state index contributed by atoms with van der Waals surface area (Å²) in [5, 5.41) is 0. The predicted molar refractivity (Wildman–Crippen MR) is 77.1 cm³/mol. The number of pyridine rings is 1. The van der Waals surface area contributed by atoms with E-state index >= 15 is 0 Å². The van der Waals surface area contributed by atoms with Crippen LogP contribution in [0.5, 0.6) is 0 Å². The molecule has 19 heavy (non-hydrogen) atoms. The minimum Gasteiger partial charge on any atom is -0.326 e. The second kappa shape index (κ2) is 4.86. The lowest BCUT2D eigenvalue weighted by atomic mass is 10.1. The van der Waals surface area contributed by atoms with E-state index < -0.39 is 0 Å². The first-order valence-corrected chi connectivity index (χ1v) is 6.47. The van der Waals surface area contributed by atoms with Gasteiger partial charge >= 0.3 is 0 Å². The van der Waals surface area contributed by atoms with Crippen LogP contribution in [0.4, 0.5) is 0 Å². The summed E-state index contributed by atoms with van der Waals surface area (Å²) in [6.45, 7) is 2.65. The molecule has 0 atom stereocenters. The number of fused-ring (bicyclic) bond motifs is 1. The van der Waals surface area contributed by atoms with E-state index in [2.05, 4.69) is 40.6 Å². The molecular formula is C16H17N3. The van der Waals surface area contributed by atoms with Gasteiger partial charge in [-0.05, 0) is 24.1 Å². The Kier molecular flexibility index (Phi) is 3.05. The summed E-state index contributed by atoms with van der Waals surface area (Å²) in [4.78, 5) is 4.54. The van der Waals surface area contributed by atoms with Crippen LogP contribution in [0.15, 0.2) is 48.8 Å². The minimum atomic E-state index is 0.542. The summed E-state index contributed by atoms with van der Waals surface area (Å²) >= 11 is 0. The van der Waals surface area contributed by atoms with Crippen molar-refractivity contribution in [2.75, 3.05) is 0 Å². The molecule has 3 heteroatoms. The third kappa shape index (κ3) is 2.25. The highest BCUT2D eigenvalue weighted by Crippen LogP contribution is 2.15. The molecule has 2 heterocycles. The van der Waals surface area contributed by atoms with Gasteiger partial charge in [0.15, 0.2) is 0 Å². The van der Waals surface area contributed by atoms with Crippen molar-refractivity contribution in [3.63, 3.8) is 0 Å². The molecule has 0 radical (unpaired) electrons. The standard InChI is InChI=1S/C16H17N3/c1-12-4-2-5-13(8-12)9-16-18-11-15-14(10-17)6-3-7-19(15)16/h2-8,11H,9-10,17H2,1H3. The third-order valence-electron chi connectivity index (χ3n) is 3.40. The Morgan fingerprint density at radius 1 is 1.21 bits per heavy atom. The lowest BCUT2D eigenvalue weighted by Crippen LogP contribution is -2.01. The van der Waals surface area contributed by atoms with Crippen LogP contribution in [-0.2, 0) is 13.0 Å². The molecule has 0 unspecified atom stereocenters. The molecule has 0 saturated carbocycles. The molecule has 2 aromatic heterocycles. The van der Waals surface area contributed by atoms with E-state index in [1.54, 1.807) is 0 Å². The van der Waals surface area contributed by atoms with Gasteiger partial charge in [0.05, 0.1) is 11.7 Å². The monoisotopic (exact) mass is 251 g/mol. The number of benzene rings is 1. The van der Waals surface area contributed by atoms with Crippen LogP contribution in [0, 0.1) is 6.92 Å². The minimum absolute atomic E-state index is 0.542. The van der Waals surface area contributed by atoms with E-state index in [0.29, 0.717) is 6.54 Å². The molecule has 0 spiro atoms. The number of hydrogen-bond acceptors (Lipinski definition) is 2. The smallest absolute Gasteiger partial charge is 0.117 e. The maximum Gasteiger partial charge on any atom is 0.117 e. The number of aromatic nitrogens is 2. The van der Waals surface area contributed by atoms with Crippen LogP contribution in [0.2, 0.25) is 0 Å². The van der Waals surface area contributed by atoms with Gasteiger partial charge in [-0.15, -0.1) is 0 Å². The first-order chi connectivity index (χ1) is 9.28. The quantitative estimate of drug-likeness (QED) is 0.777. The Morgan fingerprint density at radius 3 is 2.89 bits per heavy atom. The van der Waals surface area contributed by atoms with Crippen molar-refractivity contribution in [3.8, 4) is 0 Å². The Hall–Kier alpha value is -2.13. The van der Waals surface area contributed by atoms with Crippen molar-refractivity contribution in [2.24, 2.45) is 5.73 Å². The van der Waals surface area contributed by atoms with Crippen LogP contribution in [0.3, 0.4) is 0 Å². The van der Waals surface area contributed by atoms with Gasteiger partial charge in [-0.1, -0.05) is 35.9 Å². The summed E-state index contributed by atoms with van der Waals surface area (Å²) in [5.74, 6) is 1.05. The molecule has 96 valence electrons. The maximum atomic E-state index is 5.76. The highest BCUT2D eigenvalue weighted by Gasteiger charge is 2.07. The van der Waals surface area contributed by atoms with E-state index in [4.69, 9.17) is 5.73 Å². The van der Waals surface area contributed by atoms with E-state index in [-0.39, 0.29) is 0 Å². The number of aryl methyl sites for hydroxylation is 1. The van der Waals surface area contributed by atoms with Crippen molar-refractivity contribution in [2.45, 2.75) is 19.9 Å². The first-order valence-electron chi connectivity index (χ1n) is 6.47. The third-order valence-corrected chi connectivity index (χ3v) is 3.40. The second-order valence-corrected chi connectivity index (χ2v) is 4.83. The molecule has 3 rings (SSSR count). The fourth-order valence-electron chi connectivity index (χ4n) is 2.44. The molecule has 3 aromatic rings. The van der Waals surface area contributed by atoms with Gasteiger partial charge in [-0.25, -0.2) is 4.98 Å². The normalized spacial score (nSPS) is 11.1. The fraction of sp³-hybridized carbons (Fsp3) is 0.188. The summed E-state index contributed by atoms with van der Waals surface area (Å²) in [5.41, 5.74) is 10.6. The van der Waals surface area contributed by atoms with Crippen LogP contribution >= 0.6 is 0 Å². The van der Waals surface area contributed by atoms with Gasteiger partial charge in [-0.3, -0.25) is 0 Å². The Morgan fingerprint density at radius 2 is 2.11 bits per heavy atom. The van der Waals surface area contributed by atoms with Crippen molar-refractivity contribution < 1.29 is 0 Å². The molecule has 0 aliphatic carbocycles. The number of hydrogen-bond donors (Lipinski definition) is 1. The molecule has 0 aliphatic heterocycles. The SMILES string of the molecule is Cc1cccc(Cc2ncc3c(CN)cccn23)c1. The maximum absolute atomic E-state index is 5.76. The molecule has 1 aromatic carbocycles. The average Bonchev–Trinajstić information content (AvgIpc) is 2.82. The average molecular weight is 251 g/mol. The number of imidazole rings is 1. The zero-order chi connectivity index (χ0) is 13.2. The highest BCUT2D eigenvalue weighted by molar-refractivity contribution is 5.54. The number of rotatable bonds is 3. The molecule has 0 aliphatic rings. The first kappa shape index (κ1) is 11.9. The van der Waals surface area contributed by atoms with Gasteiger partial charge < -0.3 is 10.1 Å². The van der Waals surface area contributed by atoms with Gasteiger partial charge in [0, 0.05) is 19.2 Å². The molecule has 0 saturated heterocycles. The van der Waals surface area contributed by atoms with Crippen molar-refractivity contribution >= 4 is 5.52 Å². The zero-order valence-electron chi connectivity index (χ0n) is 11.0. The van der Waals surface area contributed by atoms with Gasteiger partial charge in [-0.2, -0.15) is 0 Å². The highest BCUT2D eigenvalue weighted by atomic mass is 15.0. The van der Waals surface area contributed by atoms with E-state index in [1.807, 2.05) is 24.5 Å². The van der Waals surface area contributed by atoms with E-state index in [0.717, 1.165) is 23.3 Å². The second-order valence-electron chi connectivity index (χ2n) is 4.83. The van der Waals surface area contributed by atoms with Crippen LogP contribution in [0.1, 0.15) is 22.5 Å². The lowest BCUT2D eigenvalue weighted by Gasteiger charge is -2.05. The van der Waals surface area contributed by atoms with Crippen molar-refractivity contribution in [3.05, 3.63) is 71.3 Å².